The molecule has 0 saturated carbocycles. The van der Waals surface area contributed by atoms with E-state index in [4.69, 9.17) is 5.11 Å². The van der Waals surface area contributed by atoms with Crippen molar-refractivity contribution in [3.8, 4) is 0 Å². The second-order valence-corrected chi connectivity index (χ2v) is 2.91. The average Bonchev–Trinajstić information content (AvgIpc) is 2.05. The Kier molecular flexibility index (Phi) is 3.31. The molecule has 0 aromatic carbocycles. The summed E-state index contributed by atoms with van der Waals surface area (Å²) in [7, 11) is 0. The lowest BCUT2D eigenvalue weighted by molar-refractivity contribution is 0.139. The molecule has 1 rings (SSSR count). The quantitative estimate of drug-likeness (QED) is 0.527. The maximum Gasteiger partial charge on any atom is 0.405 e. The Bertz CT molecular complexity index is 157. The van der Waals surface area contributed by atoms with Gasteiger partial charge < -0.3 is 15.7 Å². The number of carbonyl (C=O) groups is 1. The van der Waals surface area contributed by atoms with Gasteiger partial charge in [0.1, 0.15) is 0 Å². The van der Waals surface area contributed by atoms with Gasteiger partial charge in [-0.3, -0.25) is 4.90 Å². The van der Waals surface area contributed by atoms with Crippen molar-refractivity contribution in [3.63, 3.8) is 0 Å². The van der Waals surface area contributed by atoms with Gasteiger partial charge in [0.2, 0.25) is 0 Å². The van der Waals surface area contributed by atoms with E-state index in [1.54, 1.807) is 0 Å². The van der Waals surface area contributed by atoms with Crippen molar-refractivity contribution < 1.29 is 9.90 Å². The minimum Gasteiger partial charge on any atom is -0.465 e. The Morgan fingerprint density at radius 2 is 2.17 bits per heavy atom. The Hall–Kier alpha value is -0.810. The summed E-state index contributed by atoms with van der Waals surface area (Å²) in [6.45, 7) is 5.54. The fourth-order valence-corrected chi connectivity index (χ4v) is 1.34. The van der Waals surface area contributed by atoms with Crippen molar-refractivity contribution in [2.45, 2.75) is 13.1 Å². The van der Waals surface area contributed by atoms with Crippen LogP contribution >= 0.6 is 0 Å². The average molecular weight is 173 g/mol. The van der Waals surface area contributed by atoms with Crippen LogP contribution in [0.2, 0.25) is 0 Å². The maximum absolute atomic E-state index is 10.3. The highest BCUT2D eigenvalue weighted by molar-refractivity contribution is 5.64. The molecule has 5 nitrogen and oxygen atoms in total. The summed E-state index contributed by atoms with van der Waals surface area (Å²) in [6.07, 6.45) is -1.04. The van der Waals surface area contributed by atoms with Crippen LogP contribution in [-0.2, 0) is 0 Å². The molecule has 0 bridgehead atoms. The molecule has 70 valence electrons. The van der Waals surface area contributed by atoms with E-state index in [1.165, 1.54) is 0 Å². The lowest BCUT2D eigenvalue weighted by atomic mass is 10.3. The molecule has 0 spiro atoms. The third-order valence-electron chi connectivity index (χ3n) is 2.03. The van der Waals surface area contributed by atoms with Gasteiger partial charge in [-0.05, 0) is 6.92 Å². The van der Waals surface area contributed by atoms with Crippen molar-refractivity contribution in [2.24, 2.45) is 0 Å². The SMILES string of the molecule is CC(NC(=O)O)N1CCNCC1. The minimum absolute atomic E-state index is 0.0791. The van der Waals surface area contributed by atoms with E-state index in [1.807, 2.05) is 6.92 Å². The molecule has 0 aromatic rings. The molecule has 1 amide bonds. The third kappa shape index (κ3) is 2.67. The number of nitrogens with one attached hydrogen (secondary N) is 2. The van der Waals surface area contributed by atoms with Crippen molar-refractivity contribution in [1.82, 2.24) is 15.5 Å². The maximum atomic E-state index is 10.3. The number of rotatable bonds is 2. The van der Waals surface area contributed by atoms with Gasteiger partial charge in [-0.2, -0.15) is 0 Å². The Balaban J connectivity index is 2.29. The Labute approximate surface area is 71.7 Å². The fraction of sp³-hybridized carbons (Fsp3) is 0.857. The molecule has 1 aliphatic heterocycles. The Morgan fingerprint density at radius 3 is 2.67 bits per heavy atom. The van der Waals surface area contributed by atoms with E-state index < -0.39 is 6.09 Å². The lowest BCUT2D eigenvalue weighted by Crippen LogP contribution is -2.53. The summed E-state index contributed by atoms with van der Waals surface area (Å²) in [5, 5.41) is 14.1. The highest BCUT2D eigenvalue weighted by atomic mass is 16.4. The molecule has 1 unspecified atom stereocenters. The van der Waals surface area contributed by atoms with Gasteiger partial charge in [0.25, 0.3) is 0 Å². The normalized spacial score (nSPS) is 21.8. The van der Waals surface area contributed by atoms with Crippen LogP contribution < -0.4 is 10.6 Å². The second-order valence-electron chi connectivity index (χ2n) is 2.91. The van der Waals surface area contributed by atoms with Gasteiger partial charge in [0.05, 0.1) is 6.17 Å². The molecule has 0 aliphatic carbocycles. The number of hydrogen-bond donors (Lipinski definition) is 3. The molecule has 5 heteroatoms. The molecule has 1 aliphatic rings. The van der Waals surface area contributed by atoms with Crippen molar-refractivity contribution in [2.75, 3.05) is 26.2 Å². The van der Waals surface area contributed by atoms with Crippen LogP contribution in [0.25, 0.3) is 0 Å². The zero-order valence-electron chi connectivity index (χ0n) is 7.21. The van der Waals surface area contributed by atoms with E-state index in [0.29, 0.717) is 0 Å². The zero-order chi connectivity index (χ0) is 8.97. The largest absolute Gasteiger partial charge is 0.465 e. The predicted molar refractivity (Wildman–Crippen MR) is 45.1 cm³/mol. The van der Waals surface area contributed by atoms with Gasteiger partial charge in [0.15, 0.2) is 0 Å². The standard InChI is InChI=1S/C7H15N3O2/c1-6(9-7(11)12)10-4-2-8-3-5-10/h6,8-9H,2-5H2,1H3,(H,11,12). The van der Waals surface area contributed by atoms with Crippen LogP contribution in [0.4, 0.5) is 4.79 Å². The summed E-state index contributed by atoms with van der Waals surface area (Å²) in [5.41, 5.74) is 0. The topological polar surface area (TPSA) is 64.6 Å². The van der Waals surface area contributed by atoms with Gasteiger partial charge in [-0.15, -0.1) is 0 Å². The van der Waals surface area contributed by atoms with Crippen molar-refractivity contribution in [1.29, 1.82) is 0 Å². The molecule has 1 atom stereocenters. The van der Waals surface area contributed by atoms with E-state index >= 15 is 0 Å². The van der Waals surface area contributed by atoms with Crippen LogP contribution in [0.3, 0.4) is 0 Å². The lowest BCUT2D eigenvalue weighted by Gasteiger charge is -2.32. The monoisotopic (exact) mass is 173 g/mol. The first-order chi connectivity index (χ1) is 5.70. The van der Waals surface area contributed by atoms with E-state index in [2.05, 4.69) is 15.5 Å². The predicted octanol–water partition coefficient (Wildman–Crippen LogP) is -0.495. The number of amides is 1. The Morgan fingerprint density at radius 1 is 1.58 bits per heavy atom. The molecule has 1 saturated heterocycles. The van der Waals surface area contributed by atoms with Crippen molar-refractivity contribution >= 4 is 6.09 Å². The van der Waals surface area contributed by atoms with Gasteiger partial charge in [-0.25, -0.2) is 4.79 Å². The van der Waals surface area contributed by atoms with E-state index in [-0.39, 0.29) is 6.17 Å². The highest BCUT2D eigenvalue weighted by Crippen LogP contribution is 1.97. The number of nitrogens with zero attached hydrogens (tertiary/aromatic N) is 1. The summed E-state index contributed by atoms with van der Waals surface area (Å²) < 4.78 is 0. The van der Waals surface area contributed by atoms with Crippen LogP contribution in [0.1, 0.15) is 6.92 Å². The number of carboxylic acid groups (broad SMARTS) is 1. The molecule has 12 heavy (non-hydrogen) atoms. The first-order valence-electron chi connectivity index (χ1n) is 4.14. The first kappa shape index (κ1) is 9.28. The zero-order valence-corrected chi connectivity index (χ0v) is 7.21. The molecular weight excluding hydrogens is 158 g/mol. The molecule has 0 radical (unpaired) electrons. The van der Waals surface area contributed by atoms with E-state index in [9.17, 15) is 4.79 Å². The van der Waals surface area contributed by atoms with Gasteiger partial charge in [-0.1, -0.05) is 0 Å². The summed E-state index contributed by atoms with van der Waals surface area (Å²) in [6, 6.07) is 0. The molecule has 0 aromatic heterocycles. The molecule has 3 N–H and O–H groups in total. The fourth-order valence-electron chi connectivity index (χ4n) is 1.34. The number of piperazine rings is 1. The molecular formula is C7H15N3O2. The van der Waals surface area contributed by atoms with Crippen LogP contribution in [0, 0.1) is 0 Å². The first-order valence-corrected chi connectivity index (χ1v) is 4.14. The van der Waals surface area contributed by atoms with Gasteiger partial charge in [0, 0.05) is 26.2 Å². The van der Waals surface area contributed by atoms with Crippen molar-refractivity contribution in [3.05, 3.63) is 0 Å². The van der Waals surface area contributed by atoms with Crippen LogP contribution in [0.5, 0.6) is 0 Å². The summed E-state index contributed by atoms with van der Waals surface area (Å²) >= 11 is 0. The highest BCUT2D eigenvalue weighted by Gasteiger charge is 2.16. The van der Waals surface area contributed by atoms with E-state index in [0.717, 1.165) is 26.2 Å². The molecule has 1 fully saturated rings. The number of hydrogen-bond acceptors (Lipinski definition) is 3. The third-order valence-corrected chi connectivity index (χ3v) is 2.03. The van der Waals surface area contributed by atoms with Crippen LogP contribution in [-0.4, -0.2) is 48.4 Å². The smallest absolute Gasteiger partial charge is 0.405 e. The molecule has 1 heterocycles. The summed E-state index contributed by atoms with van der Waals surface area (Å²) in [5.74, 6) is 0. The summed E-state index contributed by atoms with van der Waals surface area (Å²) in [4.78, 5) is 12.4. The van der Waals surface area contributed by atoms with Crippen LogP contribution in [0.15, 0.2) is 0 Å². The minimum atomic E-state index is -0.957. The van der Waals surface area contributed by atoms with Gasteiger partial charge >= 0.3 is 6.09 Å². The second kappa shape index (κ2) is 4.27.